The Balaban J connectivity index is 1.21. The van der Waals surface area contributed by atoms with Crippen LogP contribution in [0.1, 0.15) is 26.6 Å². The Morgan fingerprint density at radius 3 is 2.62 bits per heavy atom. The fourth-order valence-electron chi connectivity index (χ4n) is 3.99. The van der Waals surface area contributed by atoms with Crippen molar-refractivity contribution in [3.05, 3.63) is 75.7 Å². The molecule has 5 rings (SSSR count). The third-order valence-electron chi connectivity index (χ3n) is 5.69. The van der Waals surface area contributed by atoms with E-state index in [1.165, 1.54) is 0 Å². The van der Waals surface area contributed by atoms with E-state index in [-0.39, 0.29) is 5.91 Å². The van der Waals surface area contributed by atoms with Gasteiger partial charge in [-0.15, -0.1) is 11.3 Å². The first-order valence-electron chi connectivity index (χ1n) is 10.7. The number of H-pyrrole nitrogens is 1. The predicted molar refractivity (Wildman–Crippen MR) is 130 cm³/mol. The minimum absolute atomic E-state index is 0.120. The number of hydrogen-bond donors (Lipinski definition) is 1. The maximum absolute atomic E-state index is 13.3. The van der Waals surface area contributed by atoms with Crippen molar-refractivity contribution < 1.29 is 4.79 Å². The molecule has 2 aromatic carbocycles. The van der Waals surface area contributed by atoms with Crippen molar-refractivity contribution in [1.82, 2.24) is 24.8 Å². The van der Waals surface area contributed by atoms with Gasteiger partial charge in [-0.1, -0.05) is 42.1 Å². The zero-order valence-electron chi connectivity index (χ0n) is 18.0. The topological polar surface area (TPSA) is 65.1 Å². The second-order valence-electron chi connectivity index (χ2n) is 7.93. The fraction of sp³-hybridized carbons (Fsp3) is 0.292. The van der Waals surface area contributed by atoms with Crippen molar-refractivity contribution in [3.8, 4) is 0 Å². The number of piperazine rings is 1. The monoisotopic (exact) mass is 463 g/mol. The van der Waals surface area contributed by atoms with Crippen LogP contribution in [-0.4, -0.2) is 56.8 Å². The SMILES string of the molecule is Cc1nc(CN2CCN(C(=O)c3ccccc3CSc3nc4ccccc4[nH]3)CC2)cs1. The summed E-state index contributed by atoms with van der Waals surface area (Å²) >= 11 is 3.32. The minimum atomic E-state index is 0.120. The molecule has 0 unspecified atom stereocenters. The molecule has 1 fully saturated rings. The number of thiazole rings is 1. The molecular formula is C24H25N5OS2. The standard InChI is InChI=1S/C24H25N5OS2/c1-17-25-19(16-31-17)14-28-10-12-29(13-11-28)23(30)20-7-3-2-6-18(20)15-32-24-26-21-8-4-5-9-22(21)27-24/h2-9,16H,10-15H2,1H3,(H,26,27). The molecule has 32 heavy (non-hydrogen) atoms. The third-order valence-corrected chi connectivity index (χ3v) is 7.44. The van der Waals surface area contributed by atoms with Crippen molar-refractivity contribution in [3.63, 3.8) is 0 Å². The van der Waals surface area contributed by atoms with E-state index < -0.39 is 0 Å². The number of rotatable bonds is 6. The smallest absolute Gasteiger partial charge is 0.254 e. The van der Waals surface area contributed by atoms with Gasteiger partial charge in [0, 0.05) is 49.4 Å². The van der Waals surface area contributed by atoms with E-state index in [0.717, 1.165) is 70.7 Å². The van der Waals surface area contributed by atoms with Crippen LogP contribution in [0.3, 0.4) is 0 Å². The zero-order chi connectivity index (χ0) is 21.9. The molecule has 164 valence electrons. The highest BCUT2D eigenvalue weighted by molar-refractivity contribution is 7.98. The van der Waals surface area contributed by atoms with Gasteiger partial charge in [-0.05, 0) is 30.7 Å². The number of aromatic nitrogens is 3. The van der Waals surface area contributed by atoms with Crippen LogP contribution < -0.4 is 0 Å². The molecule has 3 heterocycles. The molecule has 0 aliphatic carbocycles. The first-order valence-corrected chi connectivity index (χ1v) is 12.6. The van der Waals surface area contributed by atoms with Crippen molar-refractivity contribution in [1.29, 1.82) is 0 Å². The van der Waals surface area contributed by atoms with E-state index in [1.807, 2.05) is 60.4 Å². The second kappa shape index (κ2) is 9.44. The molecule has 0 radical (unpaired) electrons. The summed E-state index contributed by atoms with van der Waals surface area (Å²) in [5.74, 6) is 0.820. The average Bonchev–Trinajstić information content (AvgIpc) is 3.43. The number of benzene rings is 2. The number of amides is 1. The van der Waals surface area contributed by atoms with Gasteiger partial charge in [0.15, 0.2) is 5.16 Å². The van der Waals surface area contributed by atoms with Crippen molar-refractivity contribution >= 4 is 40.0 Å². The first-order chi connectivity index (χ1) is 15.7. The maximum atomic E-state index is 13.3. The number of nitrogens with one attached hydrogen (secondary N) is 1. The van der Waals surface area contributed by atoms with Gasteiger partial charge in [0.05, 0.1) is 21.7 Å². The molecule has 1 saturated heterocycles. The summed E-state index contributed by atoms with van der Waals surface area (Å²) in [7, 11) is 0. The molecule has 0 bridgehead atoms. The molecule has 0 atom stereocenters. The van der Waals surface area contributed by atoms with Crippen molar-refractivity contribution in [2.75, 3.05) is 26.2 Å². The summed E-state index contributed by atoms with van der Waals surface area (Å²) in [5, 5.41) is 4.10. The van der Waals surface area contributed by atoms with Gasteiger partial charge in [0.25, 0.3) is 5.91 Å². The lowest BCUT2D eigenvalue weighted by molar-refractivity contribution is 0.0626. The van der Waals surface area contributed by atoms with Crippen LogP contribution in [0.15, 0.2) is 59.1 Å². The molecule has 1 amide bonds. The Morgan fingerprint density at radius 2 is 1.84 bits per heavy atom. The highest BCUT2D eigenvalue weighted by atomic mass is 32.2. The zero-order valence-corrected chi connectivity index (χ0v) is 19.6. The van der Waals surface area contributed by atoms with Crippen LogP contribution in [0.4, 0.5) is 0 Å². The summed E-state index contributed by atoms with van der Waals surface area (Å²) in [6.07, 6.45) is 0. The van der Waals surface area contributed by atoms with E-state index in [9.17, 15) is 4.79 Å². The number of aromatic amines is 1. The lowest BCUT2D eigenvalue weighted by Gasteiger charge is -2.34. The molecule has 1 N–H and O–H groups in total. The van der Waals surface area contributed by atoms with Crippen LogP contribution in [0.2, 0.25) is 0 Å². The Morgan fingerprint density at radius 1 is 1.06 bits per heavy atom. The predicted octanol–water partition coefficient (Wildman–Crippen LogP) is 4.58. The van der Waals surface area contributed by atoms with E-state index in [1.54, 1.807) is 23.1 Å². The van der Waals surface area contributed by atoms with E-state index in [2.05, 4.69) is 25.2 Å². The average molecular weight is 464 g/mol. The van der Waals surface area contributed by atoms with E-state index in [0.29, 0.717) is 5.75 Å². The van der Waals surface area contributed by atoms with Gasteiger partial charge in [-0.2, -0.15) is 0 Å². The molecule has 1 aliphatic rings. The largest absolute Gasteiger partial charge is 0.336 e. The summed E-state index contributed by atoms with van der Waals surface area (Å²) in [4.78, 5) is 30.2. The van der Waals surface area contributed by atoms with Gasteiger partial charge in [-0.3, -0.25) is 9.69 Å². The van der Waals surface area contributed by atoms with E-state index in [4.69, 9.17) is 0 Å². The normalized spacial score (nSPS) is 14.8. The minimum Gasteiger partial charge on any atom is -0.336 e. The quantitative estimate of drug-likeness (QED) is 0.424. The number of nitrogens with zero attached hydrogens (tertiary/aromatic N) is 4. The molecular weight excluding hydrogens is 438 g/mol. The number of thioether (sulfide) groups is 1. The number of aryl methyl sites for hydroxylation is 1. The molecule has 0 spiro atoms. The van der Waals surface area contributed by atoms with E-state index >= 15 is 0 Å². The van der Waals surface area contributed by atoms with Crippen molar-refractivity contribution in [2.45, 2.75) is 24.4 Å². The fourth-order valence-corrected chi connectivity index (χ4v) is 5.48. The van der Waals surface area contributed by atoms with Gasteiger partial charge < -0.3 is 9.88 Å². The highest BCUT2D eigenvalue weighted by Gasteiger charge is 2.24. The van der Waals surface area contributed by atoms with Crippen molar-refractivity contribution in [2.24, 2.45) is 0 Å². The van der Waals surface area contributed by atoms with Gasteiger partial charge >= 0.3 is 0 Å². The molecule has 2 aromatic heterocycles. The highest BCUT2D eigenvalue weighted by Crippen LogP contribution is 2.25. The van der Waals surface area contributed by atoms with Crippen LogP contribution in [0.5, 0.6) is 0 Å². The number of fused-ring (bicyclic) bond motifs is 1. The number of para-hydroxylation sites is 2. The summed E-state index contributed by atoms with van der Waals surface area (Å²) < 4.78 is 0. The Hall–Kier alpha value is -2.68. The lowest BCUT2D eigenvalue weighted by Crippen LogP contribution is -2.48. The Kier molecular flexibility index (Phi) is 6.25. The van der Waals surface area contributed by atoms with Gasteiger partial charge in [0.1, 0.15) is 0 Å². The summed E-state index contributed by atoms with van der Waals surface area (Å²) in [5.41, 5.74) is 4.96. The molecule has 1 aliphatic heterocycles. The third kappa shape index (κ3) is 4.72. The van der Waals surface area contributed by atoms with Crippen LogP contribution in [0.25, 0.3) is 11.0 Å². The van der Waals surface area contributed by atoms with Crippen LogP contribution in [-0.2, 0) is 12.3 Å². The Bertz CT molecular complexity index is 1190. The number of hydrogen-bond acceptors (Lipinski definition) is 6. The Labute approximate surface area is 195 Å². The van der Waals surface area contributed by atoms with Crippen LogP contribution in [0, 0.1) is 6.92 Å². The number of imidazole rings is 1. The first kappa shape index (κ1) is 21.2. The number of carbonyl (C=O) groups excluding carboxylic acids is 1. The maximum Gasteiger partial charge on any atom is 0.254 e. The molecule has 0 saturated carbocycles. The second-order valence-corrected chi connectivity index (χ2v) is 9.96. The lowest BCUT2D eigenvalue weighted by atomic mass is 10.1. The summed E-state index contributed by atoms with van der Waals surface area (Å²) in [6, 6.07) is 16.0. The molecule has 6 nitrogen and oxygen atoms in total. The molecule has 8 heteroatoms. The summed E-state index contributed by atoms with van der Waals surface area (Å²) in [6.45, 7) is 6.13. The van der Waals surface area contributed by atoms with Gasteiger partial charge in [0.2, 0.25) is 0 Å². The van der Waals surface area contributed by atoms with Crippen LogP contribution >= 0.6 is 23.1 Å². The molecule has 4 aromatic rings. The van der Waals surface area contributed by atoms with Gasteiger partial charge in [-0.25, -0.2) is 9.97 Å². The number of carbonyl (C=O) groups is 1.